The van der Waals surface area contributed by atoms with Crippen molar-refractivity contribution in [3.05, 3.63) is 143 Å². The van der Waals surface area contributed by atoms with Crippen LogP contribution < -0.4 is 0 Å². The minimum Gasteiger partial charge on any atom is -0.0802 e. The zero-order valence-corrected chi connectivity index (χ0v) is 24.3. The van der Waals surface area contributed by atoms with Gasteiger partial charge >= 0.3 is 0 Å². The van der Waals surface area contributed by atoms with Crippen molar-refractivity contribution in [1.29, 1.82) is 0 Å². The molecule has 0 saturated carbocycles. The Bertz CT molecular complexity index is 1360. The van der Waals surface area contributed by atoms with Gasteiger partial charge in [0.15, 0.2) is 0 Å². The van der Waals surface area contributed by atoms with Crippen molar-refractivity contribution >= 4 is 18.8 Å². The number of allylic oxidation sites excluding steroid dienone is 7. The average molecular weight is 501 g/mol. The molecule has 0 saturated heterocycles. The number of hydrogen-bond donors (Lipinski definition) is 0. The van der Waals surface area contributed by atoms with Gasteiger partial charge in [0.05, 0.1) is 0 Å². The smallest absolute Gasteiger partial charge is 0.0802 e. The highest BCUT2D eigenvalue weighted by atomic mass is 28.3. The summed E-state index contributed by atoms with van der Waals surface area (Å²) in [5.74, 6) is 0.232. The molecule has 1 unspecified atom stereocenters. The van der Waals surface area contributed by atoms with Gasteiger partial charge in [-0.1, -0.05) is 162 Å². The van der Waals surface area contributed by atoms with Crippen LogP contribution in [0.5, 0.6) is 0 Å². The van der Waals surface area contributed by atoms with Crippen LogP contribution in [0.3, 0.4) is 0 Å². The van der Waals surface area contributed by atoms with E-state index in [-0.39, 0.29) is 16.0 Å². The van der Waals surface area contributed by atoms with Gasteiger partial charge in [0, 0.05) is 5.92 Å². The third-order valence-electron chi connectivity index (χ3n) is 8.38. The van der Waals surface area contributed by atoms with Gasteiger partial charge in [-0.3, -0.25) is 0 Å². The molecule has 0 fully saturated rings. The molecule has 37 heavy (non-hydrogen) atoms. The molecule has 3 aromatic rings. The average Bonchev–Trinajstić information content (AvgIpc) is 3.24. The molecule has 0 radical (unpaired) electrons. The van der Waals surface area contributed by atoms with Crippen molar-refractivity contribution < 1.29 is 0 Å². The van der Waals surface area contributed by atoms with E-state index >= 15 is 0 Å². The van der Waals surface area contributed by atoms with Crippen LogP contribution in [0.2, 0.25) is 10.1 Å². The summed E-state index contributed by atoms with van der Waals surface area (Å²) < 4.78 is 0. The number of benzene rings is 3. The highest BCUT2D eigenvalue weighted by molar-refractivity contribution is 7.08. The maximum atomic E-state index is 2.52. The Kier molecular flexibility index (Phi) is 6.62. The van der Waals surface area contributed by atoms with Crippen LogP contribution in [0.4, 0.5) is 0 Å². The van der Waals surface area contributed by atoms with Gasteiger partial charge in [-0.25, -0.2) is 0 Å². The van der Waals surface area contributed by atoms with E-state index in [1.807, 2.05) is 0 Å². The molecule has 188 valence electrons. The highest BCUT2D eigenvalue weighted by Gasteiger charge is 2.64. The molecule has 0 aromatic heterocycles. The second kappa shape index (κ2) is 9.61. The topological polar surface area (TPSA) is 0 Å². The van der Waals surface area contributed by atoms with Gasteiger partial charge in [0.25, 0.3) is 0 Å². The van der Waals surface area contributed by atoms with E-state index in [9.17, 15) is 0 Å². The minimum absolute atomic E-state index is 0.0946. The van der Waals surface area contributed by atoms with Gasteiger partial charge in [0.1, 0.15) is 8.07 Å². The SMILES string of the molecule is CC(C)(C)[Si]1(C(C)(C)C)C(c2ccccc2)=C(c2ccccc2)C(c2ccccc2)/C1=C1\C=CC=CC1. The molecular formula is C36H40Si. The molecule has 1 heterocycles. The molecule has 1 heteroatoms. The van der Waals surface area contributed by atoms with Gasteiger partial charge in [0.2, 0.25) is 0 Å². The molecule has 0 N–H and O–H groups in total. The lowest BCUT2D eigenvalue weighted by Gasteiger charge is -2.54. The molecular weight excluding hydrogens is 460 g/mol. The third-order valence-corrected chi connectivity index (χ3v) is 15.6. The van der Waals surface area contributed by atoms with E-state index in [0.717, 1.165) is 6.42 Å². The van der Waals surface area contributed by atoms with Gasteiger partial charge in [-0.15, -0.1) is 0 Å². The number of rotatable bonds is 3. The number of hydrogen-bond acceptors (Lipinski definition) is 0. The molecule has 3 aromatic carbocycles. The highest BCUT2D eigenvalue weighted by Crippen LogP contribution is 2.70. The molecule has 1 aliphatic heterocycles. The summed E-state index contributed by atoms with van der Waals surface area (Å²) in [7, 11) is -2.44. The fourth-order valence-corrected chi connectivity index (χ4v) is 15.9. The summed E-state index contributed by atoms with van der Waals surface area (Å²) >= 11 is 0. The molecule has 0 bridgehead atoms. The zero-order valence-electron chi connectivity index (χ0n) is 23.3. The predicted octanol–water partition coefficient (Wildman–Crippen LogP) is 10.3. The maximum absolute atomic E-state index is 2.52. The Morgan fingerprint density at radius 2 is 1.14 bits per heavy atom. The lowest BCUT2D eigenvalue weighted by molar-refractivity contribution is 0.630. The van der Waals surface area contributed by atoms with Crippen LogP contribution in [0.1, 0.15) is 70.6 Å². The van der Waals surface area contributed by atoms with E-state index in [2.05, 4.69) is 157 Å². The predicted molar refractivity (Wildman–Crippen MR) is 164 cm³/mol. The van der Waals surface area contributed by atoms with Gasteiger partial charge < -0.3 is 0 Å². The summed E-state index contributed by atoms with van der Waals surface area (Å²) in [5.41, 5.74) is 7.19. The fourth-order valence-electron chi connectivity index (χ4n) is 7.55. The van der Waals surface area contributed by atoms with Crippen molar-refractivity contribution in [2.45, 2.75) is 64.0 Å². The normalized spacial score (nSPS) is 21.5. The van der Waals surface area contributed by atoms with Crippen LogP contribution in [0.15, 0.2) is 126 Å². The second-order valence-corrected chi connectivity index (χ2v) is 18.1. The first-order valence-electron chi connectivity index (χ1n) is 13.6. The Morgan fingerprint density at radius 3 is 1.62 bits per heavy atom. The Balaban J connectivity index is 2.05. The van der Waals surface area contributed by atoms with Gasteiger partial charge in [-0.05, 0) is 49.5 Å². The molecule has 0 spiro atoms. The molecule has 0 nitrogen and oxygen atoms in total. The zero-order chi connectivity index (χ0) is 26.3. The summed E-state index contributed by atoms with van der Waals surface area (Å²) in [6.07, 6.45) is 10.2. The summed E-state index contributed by atoms with van der Waals surface area (Å²) in [4.78, 5) is 0. The van der Waals surface area contributed by atoms with Crippen LogP contribution in [-0.2, 0) is 0 Å². The third kappa shape index (κ3) is 4.14. The Labute approximate surface area is 225 Å². The summed E-state index contributed by atoms with van der Waals surface area (Å²) in [6.45, 7) is 15.1. The standard InChI is InChI=1S/C36H40Si/c1-35(2,3)37(36(4,5)6)33(29-23-15-9-16-24-29)31(27-19-11-7-12-20-27)32(28-21-13-8-14-22-28)34(37)30-25-17-10-18-26-30/h7-25,32H,26H2,1-6H3/b34-30-. The van der Waals surface area contributed by atoms with E-state index in [1.54, 1.807) is 10.4 Å². The first-order chi connectivity index (χ1) is 17.7. The quantitative estimate of drug-likeness (QED) is 0.314. The van der Waals surface area contributed by atoms with E-state index in [0.29, 0.717) is 0 Å². The fraction of sp³-hybridized carbons (Fsp3) is 0.278. The van der Waals surface area contributed by atoms with Crippen LogP contribution >= 0.6 is 0 Å². The largest absolute Gasteiger partial charge is 0.126 e. The Hall–Kier alpha value is -3.16. The van der Waals surface area contributed by atoms with Crippen molar-refractivity contribution in [3.8, 4) is 0 Å². The van der Waals surface area contributed by atoms with E-state index in [4.69, 9.17) is 0 Å². The monoisotopic (exact) mass is 500 g/mol. The van der Waals surface area contributed by atoms with Crippen molar-refractivity contribution in [3.63, 3.8) is 0 Å². The van der Waals surface area contributed by atoms with Crippen LogP contribution in [-0.4, -0.2) is 8.07 Å². The summed E-state index contributed by atoms with van der Waals surface area (Å²) in [5, 5.41) is 3.52. The Morgan fingerprint density at radius 1 is 0.622 bits per heavy atom. The van der Waals surface area contributed by atoms with Gasteiger partial charge in [-0.2, -0.15) is 0 Å². The second-order valence-electron chi connectivity index (χ2n) is 12.5. The lowest BCUT2D eigenvalue weighted by Crippen LogP contribution is -2.54. The molecule has 1 atom stereocenters. The van der Waals surface area contributed by atoms with E-state index < -0.39 is 8.07 Å². The van der Waals surface area contributed by atoms with Crippen molar-refractivity contribution in [1.82, 2.24) is 0 Å². The van der Waals surface area contributed by atoms with Crippen molar-refractivity contribution in [2.75, 3.05) is 0 Å². The molecule has 0 amide bonds. The minimum atomic E-state index is -2.44. The van der Waals surface area contributed by atoms with Crippen LogP contribution in [0, 0.1) is 0 Å². The maximum Gasteiger partial charge on any atom is 0.126 e. The van der Waals surface area contributed by atoms with Crippen LogP contribution in [0.25, 0.3) is 10.8 Å². The molecule has 5 rings (SSSR count). The van der Waals surface area contributed by atoms with Crippen molar-refractivity contribution in [2.24, 2.45) is 0 Å². The first-order valence-corrected chi connectivity index (χ1v) is 15.6. The molecule has 2 aliphatic rings. The molecule has 1 aliphatic carbocycles. The van der Waals surface area contributed by atoms with E-state index in [1.165, 1.54) is 27.8 Å². The summed E-state index contributed by atoms with van der Waals surface area (Å²) in [6, 6.07) is 33.9. The lowest BCUT2D eigenvalue weighted by atomic mass is 9.83. The first kappa shape index (κ1) is 25.5.